The van der Waals surface area contributed by atoms with Gasteiger partial charge >= 0.3 is 5.69 Å². The third-order valence-corrected chi connectivity index (χ3v) is 5.57. The highest BCUT2D eigenvalue weighted by Crippen LogP contribution is 2.18. The van der Waals surface area contributed by atoms with Crippen LogP contribution in [-0.4, -0.2) is 31.7 Å². The van der Waals surface area contributed by atoms with E-state index in [1.165, 1.54) is 0 Å². The van der Waals surface area contributed by atoms with E-state index < -0.39 is 17.3 Å². The number of aryl methyl sites for hydroxylation is 1. The van der Waals surface area contributed by atoms with Crippen LogP contribution in [0.3, 0.4) is 0 Å². The van der Waals surface area contributed by atoms with Gasteiger partial charge in [-0.15, -0.1) is 10.2 Å². The van der Waals surface area contributed by atoms with Gasteiger partial charge in [0.05, 0.1) is 11.0 Å². The zero-order chi connectivity index (χ0) is 22.7. The average Bonchev–Trinajstić information content (AvgIpc) is 3.19. The van der Waals surface area contributed by atoms with Crippen molar-refractivity contribution in [3.05, 3.63) is 87.5 Å². The van der Waals surface area contributed by atoms with Crippen LogP contribution >= 0.6 is 11.8 Å². The van der Waals surface area contributed by atoms with Gasteiger partial charge in [-0.2, -0.15) is 4.68 Å². The van der Waals surface area contributed by atoms with Crippen LogP contribution in [0.25, 0.3) is 5.69 Å². The summed E-state index contributed by atoms with van der Waals surface area (Å²) in [5, 5.41) is 23.7. The van der Waals surface area contributed by atoms with E-state index in [9.17, 15) is 14.7 Å². The van der Waals surface area contributed by atoms with Gasteiger partial charge in [-0.3, -0.25) is 9.59 Å². The Balaban J connectivity index is 1.51. The SMILES string of the molecule is Cc1ccc(-[n+]2noc([O-])c2C(=O)CSc2nnc(Cc3ccccc3)c(=O)n2N)cc1. The number of benzene rings is 2. The Morgan fingerprint density at radius 2 is 1.88 bits per heavy atom. The molecular weight excluding hydrogens is 432 g/mol. The largest absolute Gasteiger partial charge is 0.539 e. The van der Waals surface area contributed by atoms with Crippen LogP contribution in [0.2, 0.25) is 0 Å². The molecule has 0 atom stereocenters. The maximum Gasteiger partial charge on any atom is 0.307 e. The van der Waals surface area contributed by atoms with Crippen molar-refractivity contribution in [2.75, 3.05) is 11.6 Å². The summed E-state index contributed by atoms with van der Waals surface area (Å²) < 4.78 is 6.69. The van der Waals surface area contributed by atoms with Gasteiger partial charge in [0.25, 0.3) is 5.56 Å². The third-order valence-electron chi connectivity index (χ3n) is 4.63. The Hall–Kier alpha value is -3.99. The third kappa shape index (κ3) is 4.37. The van der Waals surface area contributed by atoms with Crippen molar-refractivity contribution in [3.63, 3.8) is 0 Å². The molecule has 0 aliphatic carbocycles. The van der Waals surface area contributed by atoms with Crippen LogP contribution < -0.4 is 21.2 Å². The molecule has 0 bridgehead atoms. The monoisotopic (exact) mass is 450 g/mol. The topological polar surface area (TPSA) is 144 Å². The summed E-state index contributed by atoms with van der Waals surface area (Å²) in [6, 6.07) is 16.4. The highest BCUT2D eigenvalue weighted by atomic mass is 32.2. The highest BCUT2D eigenvalue weighted by molar-refractivity contribution is 7.99. The van der Waals surface area contributed by atoms with Crippen LogP contribution in [0.15, 0.2) is 69.1 Å². The lowest BCUT2D eigenvalue weighted by Gasteiger charge is -2.07. The Labute approximate surface area is 186 Å². The Morgan fingerprint density at radius 1 is 1.16 bits per heavy atom. The van der Waals surface area contributed by atoms with Gasteiger partial charge in [-0.25, -0.2) is 0 Å². The van der Waals surface area contributed by atoms with Crippen molar-refractivity contribution < 1.29 is 19.1 Å². The number of nitrogens with zero attached hydrogens (tertiary/aromatic N) is 5. The molecule has 32 heavy (non-hydrogen) atoms. The standard InChI is InChI=1S/C21H18N6O4S/c1-13-7-9-15(10-8-13)27-18(20(30)31-25-27)17(28)12-32-21-24-23-16(19(29)26(21)22)11-14-5-3-2-4-6-14/h2-10H,11-12,22H2,1H3. The van der Waals surface area contributed by atoms with E-state index in [-0.39, 0.29) is 28.7 Å². The van der Waals surface area contributed by atoms with Crippen molar-refractivity contribution >= 4 is 17.5 Å². The molecule has 4 rings (SSSR count). The first-order valence-corrected chi connectivity index (χ1v) is 10.5. The average molecular weight is 450 g/mol. The maximum atomic E-state index is 12.7. The lowest BCUT2D eigenvalue weighted by Crippen LogP contribution is -2.39. The van der Waals surface area contributed by atoms with Crippen molar-refractivity contribution in [2.45, 2.75) is 18.5 Å². The molecule has 0 saturated carbocycles. The molecule has 0 saturated heterocycles. The van der Waals surface area contributed by atoms with Crippen LogP contribution in [0.5, 0.6) is 5.95 Å². The van der Waals surface area contributed by atoms with E-state index in [0.717, 1.165) is 32.2 Å². The molecule has 0 aliphatic rings. The zero-order valence-corrected chi connectivity index (χ0v) is 17.8. The van der Waals surface area contributed by atoms with Gasteiger partial charge in [-0.05, 0) is 17.2 Å². The molecule has 10 nitrogen and oxygen atoms in total. The van der Waals surface area contributed by atoms with Crippen molar-refractivity contribution in [2.24, 2.45) is 0 Å². The molecule has 0 unspecified atom stereocenters. The first-order chi connectivity index (χ1) is 15.4. The summed E-state index contributed by atoms with van der Waals surface area (Å²) in [6.45, 7) is 1.91. The lowest BCUT2D eigenvalue weighted by atomic mass is 10.1. The normalized spacial score (nSPS) is 10.9. The molecule has 0 aliphatic heterocycles. The predicted molar refractivity (Wildman–Crippen MR) is 113 cm³/mol. The number of nitrogen functional groups attached to an aromatic ring is 1. The van der Waals surface area contributed by atoms with Crippen LogP contribution in [-0.2, 0) is 6.42 Å². The minimum absolute atomic E-state index is 0.0472. The van der Waals surface area contributed by atoms with E-state index in [1.807, 2.05) is 49.4 Å². The zero-order valence-electron chi connectivity index (χ0n) is 17.0. The summed E-state index contributed by atoms with van der Waals surface area (Å²) in [7, 11) is 0. The van der Waals surface area contributed by atoms with Crippen LogP contribution in [0.4, 0.5) is 0 Å². The van der Waals surface area contributed by atoms with Crippen molar-refractivity contribution in [1.82, 2.24) is 20.1 Å². The van der Waals surface area contributed by atoms with Crippen LogP contribution in [0.1, 0.15) is 27.3 Å². The van der Waals surface area contributed by atoms with Gasteiger partial charge in [-0.1, -0.05) is 59.8 Å². The fourth-order valence-corrected chi connectivity index (χ4v) is 3.68. The number of carbonyl (C=O) groups is 1. The fourth-order valence-electron chi connectivity index (χ4n) is 2.96. The Kier molecular flexibility index (Phi) is 5.99. The molecule has 2 aromatic heterocycles. The number of hydrogen-bond acceptors (Lipinski definition) is 9. The van der Waals surface area contributed by atoms with Crippen LogP contribution in [0, 0.1) is 6.92 Å². The van der Waals surface area contributed by atoms with Gasteiger partial charge in [0.2, 0.25) is 16.6 Å². The molecule has 2 heterocycles. The first-order valence-electron chi connectivity index (χ1n) is 9.53. The Bertz CT molecular complexity index is 1320. The molecule has 0 spiro atoms. The van der Waals surface area contributed by atoms with E-state index >= 15 is 0 Å². The summed E-state index contributed by atoms with van der Waals surface area (Å²) >= 11 is 0.891. The summed E-state index contributed by atoms with van der Waals surface area (Å²) in [6.07, 6.45) is 0.282. The molecule has 2 aromatic carbocycles. The first kappa shape index (κ1) is 21.2. The van der Waals surface area contributed by atoms with E-state index in [2.05, 4.69) is 20.0 Å². The Morgan fingerprint density at radius 3 is 2.59 bits per heavy atom. The van der Waals surface area contributed by atoms with E-state index in [4.69, 9.17) is 5.84 Å². The second kappa shape index (κ2) is 9.02. The molecular formula is C21H18N6O4S. The number of ketones is 1. The number of Topliss-reactive ketones (excluding diaryl/α,β-unsaturated/α-hetero) is 1. The molecule has 0 amide bonds. The minimum atomic E-state index is -0.856. The molecule has 0 fully saturated rings. The fraction of sp³-hybridized carbons (Fsp3) is 0.143. The van der Waals surface area contributed by atoms with Gasteiger partial charge in [0, 0.05) is 18.6 Å². The lowest BCUT2D eigenvalue weighted by molar-refractivity contribution is -0.672. The van der Waals surface area contributed by atoms with Gasteiger partial charge in [0.15, 0.2) is 5.95 Å². The number of rotatable bonds is 7. The number of nitrogens with two attached hydrogens (primary N) is 1. The smallest absolute Gasteiger partial charge is 0.307 e. The summed E-state index contributed by atoms with van der Waals surface area (Å²) in [5.41, 5.74) is 1.86. The quantitative estimate of drug-likeness (QED) is 0.185. The maximum absolute atomic E-state index is 12.7. The second-order valence-electron chi connectivity index (χ2n) is 6.94. The minimum Gasteiger partial charge on any atom is -0.539 e. The highest BCUT2D eigenvalue weighted by Gasteiger charge is 2.28. The molecule has 2 N–H and O–H groups in total. The molecule has 0 radical (unpaired) electrons. The number of thioether (sulfide) groups is 1. The van der Waals surface area contributed by atoms with Crippen molar-refractivity contribution in [1.29, 1.82) is 0 Å². The van der Waals surface area contributed by atoms with Gasteiger partial charge in [0.1, 0.15) is 5.69 Å². The van der Waals surface area contributed by atoms with E-state index in [0.29, 0.717) is 5.69 Å². The number of carbonyl (C=O) groups excluding carboxylic acids is 1. The van der Waals surface area contributed by atoms with Gasteiger partial charge < -0.3 is 15.5 Å². The molecule has 11 heteroatoms. The summed E-state index contributed by atoms with van der Waals surface area (Å²) in [4.78, 5) is 25.3. The predicted octanol–water partition coefficient (Wildman–Crippen LogP) is 0.565. The number of aromatic nitrogens is 5. The molecule has 162 valence electrons. The molecule has 4 aromatic rings. The van der Waals surface area contributed by atoms with E-state index in [1.54, 1.807) is 12.1 Å². The summed E-state index contributed by atoms with van der Waals surface area (Å²) in [5.74, 6) is 4.25. The van der Waals surface area contributed by atoms with Crippen molar-refractivity contribution in [3.8, 4) is 11.6 Å². The second-order valence-corrected chi connectivity index (χ2v) is 7.88. The number of hydrogen-bond donors (Lipinski definition) is 1.